The molecule has 1 aliphatic rings. The standard InChI is InChI=1S/C7H12N4S/c1-12-10-7-8-6-4-2-3-5-11(6)9-7/h2-5H2,1H3,(H,9,10). The predicted octanol–water partition coefficient (Wildman–Crippen LogP) is 1.30. The summed E-state index contributed by atoms with van der Waals surface area (Å²) in [6, 6.07) is 0. The fraction of sp³-hybridized carbons (Fsp3) is 0.714. The summed E-state index contributed by atoms with van der Waals surface area (Å²) in [5.74, 6) is 1.87. The highest BCUT2D eigenvalue weighted by Crippen LogP contribution is 2.14. The van der Waals surface area contributed by atoms with E-state index in [1.165, 1.54) is 24.8 Å². The summed E-state index contributed by atoms with van der Waals surface area (Å²) >= 11 is 1.53. The molecule has 0 aromatic carbocycles. The molecule has 0 bridgehead atoms. The summed E-state index contributed by atoms with van der Waals surface area (Å²) in [5.41, 5.74) is 0. The largest absolute Gasteiger partial charge is 0.297 e. The minimum absolute atomic E-state index is 0.749. The van der Waals surface area contributed by atoms with Gasteiger partial charge in [0, 0.05) is 19.2 Å². The first kappa shape index (κ1) is 7.91. The predicted molar refractivity (Wildman–Crippen MR) is 50.1 cm³/mol. The first-order valence-electron chi connectivity index (χ1n) is 4.13. The molecule has 0 saturated carbocycles. The lowest BCUT2D eigenvalue weighted by molar-refractivity contribution is 0.480. The number of rotatable bonds is 2. The molecule has 0 aliphatic carbocycles. The third kappa shape index (κ3) is 1.41. The molecule has 0 fully saturated rings. The second-order valence-electron chi connectivity index (χ2n) is 2.84. The Morgan fingerprint density at radius 1 is 1.50 bits per heavy atom. The van der Waals surface area contributed by atoms with Gasteiger partial charge in [-0.3, -0.25) is 4.72 Å². The molecule has 2 heterocycles. The van der Waals surface area contributed by atoms with Gasteiger partial charge in [-0.25, -0.2) is 4.68 Å². The van der Waals surface area contributed by atoms with Crippen molar-refractivity contribution in [2.24, 2.45) is 0 Å². The van der Waals surface area contributed by atoms with E-state index in [2.05, 4.69) is 14.8 Å². The molecule has 1 aliphatic heterocycles. The molecular weight excluding hydrogens is 172 g/mol. The van der Waals surface area contributed by atoms with Gasteiger partial charge in [-0.2, -0.15) is 4.98 Å². The van der Waals surface area contributed by atoms with E-state index in [1.807, 2.05) is 10.9 Å². The molecular formula is C7H12N4S. The summed E-state index contributed by atoms with van der Waals surface area (Å²) in [6.45, 7) is 1.03. The SMILES string of the molecule is CSNc1nc2n(n1)CCCC2. The minimum Gasteiger partial charge on any atom is -0.297 e. The number of nitrogens with zero attached hydrogens (tertiary/aromatic N) is 3. The Morgan fingerprint density at radius 3 is 3.17 bits per heavy atom. The van der Waals surface area contributed by atoms with Crippen molar-refractivity contribution < 1.29 is 0 Å². The van der Waals surface area contributed by atoms with Gasteiger partial charge >= 0.3 is 0 Å². The maximum Gasteiger partial charge on any atom is 0.252 e. The molecule has 1 aromatic rings. The van der Waals surface area contributed by atoms with Crippen LogP contribution in [0.1, 0.15) is 18.7 Å². The van der Waals surface area contributed by atoms with Gasteiger partial charge in [0.15, 0.2) is 0 Å². The van der Waals surface area contributed by atoms with Crippen LogP contribution in [-0.2, 0) is 13.0 Å². The van der Waals surface area contributed by atoms with Crippen LogP contribution in [0.5, 0.6) is 0 Å². The Hall–Kier alpha value is -0.710. The van der Waals surface area contributed by atoms with E-state index in [9.17, 15) is 0 Å². The number of nitrogens with one attached hydrogen (secondary N) is 1. The van der Waals surface area contributed by atoms with Crippen molar-refractivity contribution >= 4 is 17.9 Å². The van der Waals surface area contributed by atoms with Crippen LogP contribution in [0.25, 0.3) is 0 Å². The van der Waals surface area contributed by atoms with Crippen LogP contribution in [0.2, 0.25) is 0 Å². The quantitative estimate of drug-likeness (QED) is 0.704. The van der Waals surface area contributed by atoms with Crippen LogP contribution in [0.4, 0.5) is 5.95 Å². The van der Waals surface area contributed by atoms with Gasteiger partial charge in [-0.1, -0.05) is 11.9 Å². The number of fused-ring (bicyclic) bond motifs is 1. The molecule has 0 saturated heterocycles. The highest BCUT2D eigenvalue weighted by atomic mass is 32.2. The molecule has 4 nitrogen and oxygen atoms in total. The summed E-state index contributed by atoms with van der Waals surface area (Å²) in [5, 5.41) is 4.31. The number of anilines is 1. The Bertz CT molecular complexity index is 247. The van der Waals surface area contributed by atoms with Gasteiger partial charge in [0.05, 0.1) is 0 Å². The average Bonchev–Trinajstić information content (AvgIpc) is 2.47. The number of aryl methyl sites for hydroxylation is 2. The van der Waals surface area contributed by atoms with Crippen molar-refractivity contribution in [3.8, 4) is 0 Å². The van der Waals surface area contributed by atoms with Crippen molar-refractivity contribution in [1.29, 1.82) is 0 Å². The topological polar surface area (TPSA) is 42.7 Å². The summed E-state index contributed by atoms with van der Waals surface area (Å²) in [6.07, 6.45) is 5.52. The van der Waals surface area contributed by atoms with Crippen molar-refractivity contribution in [3.63, 3.8) is 0 Å². The van der Waals surface area contributed by atoms with E-state index in [-0.39, 0.29) is 0 Å². The van der Waals surface area contributed by atoms with Gasteiger partial charge in [-0.05, 0) is 12.8 Å². The first-order chi connectivity index (χ1) is 5.90. The third-order valence-corrected chi connectivity index (χ3v) is 2.35. The number of hydrogen-bond donors (Lipinski definition) is 1. The van der Waals surface area contributed by atoms with Crippen molar-refractivity contribution in [1.82, 2.24) is 14.8 Å². The molecule has 0 unspecified atom stereocenters. The lowest BCUT2D eigenvalue weighted by atomic mass is 10.2. The van der Waals surface area contributed by atoms with Crippen LogP contribution in [0.15, 0.2) is 0 Å². The van der Waals surface area contributed by atoms with Gasteiger partial charge in [0.25, 0.3) is 5.95 Å². The summed E-state index contributed by atoms with van der Waals surface area (Å²) in [7, 11) is 0. The first-order valence-corrected chi connectivity index (χ1v) is 5.35. The molecule has 0 amide bonds. The lowest BCUT2D eigenvalue weighted by Crippen LogP contribution is -2.11. The van der Waals surface area contributed by atoms with Crippen molar-refractivity contribution in [3.05, 3.63) is 5.82 Å². The van der Waals surface area contributed by atoms with Gasteiger partial charge in [0.1, 0.15) is 5.82 Å². The van der Waals surface area contributed by atoms with E-state index in [0.717, 1.165) is 24.7 Å². The second kappa shape index (κ2) is 3.35. The highest BCUT2D eigenvalue weighted by Gasteiger charge is 2.12. The van der Waals surface area contributed by atoms with Crippen LogP contribution in [0.3, 0.4) is 0 Å². The van der Waals surface area contributed by atoms with Crippen LogP contribution in [-0.4, -0.2) is 21.0 Å². The van der Waals surface area contributed by atoms with Crippen LogP contribution in [0, 0.1) is 0 Å². The average molecular weight is 184 g/mol. The van der Waals surface area contributed by atoms with Crippen LogP contribution < -0.4 is 4.72 Å². The molecule has 2 rings (SSSR count). The zero-order chi connectivity index (χ0) is 8.39. The summed E-state index contributed by atoms with van der Waals surface area (Å²) < 4.78 is 5.04. The fourth-order valence-corrected chi connectivity index (χ4v) is 1.69. The van der Waals surface area contributed by atoms with Crippen LogP contribution >= 0.6 is 11.9 Å². The maximum absolute atomic E-state index is 4.36. The van der Waals surface area contributed by atoms with E-state index in [0.29, 0.717) is 0 Å². The van der Waals surface area contributed by atoms with Gasteiger partial charge in [0.2, 0.25) is 0 Å². The molecule has 12 heavy (non-hydrogen) atoms. The van der Waals surface area contributed by atoms with E-state index < -0.39 is 0 Å². The minimum atomic E-state index is 0.749. The van der Waals surface area contributed by atoms with E-state index >= 15 is 0 Å². The normalized spacial score (nSPS) is 15.8. The number of aromatic nitrogens is 3. The lowest BCUT2D eigenvalue weighted by Gasteiger charge is -2.09. The van der Waals surface area contributed by atoms with Crippen molar-refractivity contribution in [2.75, 3.05) is 11.0 Å². The van der Waals surface area contributed by atoms with Crippen molar-refractivity contribution in [2.45, 2.75) is 25.8 Å². The number of hydrogen-bond acceptors (Lipinski definition) is 4. The molecule has 0 atom stereocenters. The smallest absolute Gasteiger partial charge is 0.252 e. The molecule has 0 spiro atoms. The molecule has 0 radical (unpaired) electrons. The van der Waals surface area contributed by atoms with Gasteiger partial charge in [-0.15, -0.1) is 5.10 Å². The highest BCUT2D eigenvalue weighted by molar-refractivity contribution is 7.99. The fourth-order valence-electron chi connectivity index (χ4n) is 1.42. The Morgan fingerprint density at radius 2 is 2.42 bits per heavy atom. The molecule has 1 aromatic heterocycles. The second-order valence-corrected chi connectivity index (χ2v) is 3.45. The summed E-state index contributed by atoms with van der Waals surface area (Å²) in [4.78, 5) is 4.36. The Kier molecular flexibility index (Phi) is 2.21. The molecule has 66 valence electrons. The zero-order valence-electron chi connectivity index (χ0n) is 7.08. The maximum atomic E-state index is 4.36. The Balaban J connectivity index is 2.20. The van der Waals surface area contributed by atoms with Gasteiger partial charge < -0.3 is 0 Å². The molecule has 1 N–H and O–H groups in total. The van der Waals surface area contributed by atoms with E-state index in [4.69, 9.17) is 0 Å². The molecule has 5 heteroatoms. The Labute approximate surface area is 75.9 Å². The monoisotopic (exact) mass is 184 g/mol. The van der Waals surface area contributed by atoms with E-state index in [1.54, 1.807) is 0 Å². The third-order valence-electron chi connectivity index (χ3n) is 1.96. The zero-order valence-corrected chi connectivity index (χ0v) is 7.89.